The molecule has 1 aromatic rings. The molecule has 0 aliphatic rings. The third kappa shape index (κ3) is 3.96. The fourth-order valence-electron chi connectivity index (χ4n) is 1.01. The highest BCUT2D eigenvalue weighted by atomic mass is 19.3. The molecule has 1 rings (SSSR count). The fraction of sp³-hybridized carbons (Fsp3) is 0.714. The average molecular weight is 220 g/mol. The lowest BCUT2D eigenvalue weighted by molar-refractivity contribution is -0.137. The van der Waals surface area contributed by atoms with Crippen LogP contribution in [0.2, 0.25) is 0 Å². The molecule has 0 unspecified atom stereocenters. The van der Waals surface area contributed by atoms with Crippen molar-refractivity contribution >= 4 is 5.97 Å². The minimum atomic E-state index is -2.92. The van der Waals surface area contributed by atoms with E-state index in [2.05, 4.69) is 15.5 Å². The molecule has 0 atom stereocenters. The molecule has 0 aromatic carbocycles. The van der Waals surface area contributed by atoms with Crippen molar-refractivity contribution < 1.29 is 18.7 Å². The molecule has 0 amide bonds. The third-order valence-corrected chi connectivity index (χ3v) is 1.60. The van der Waals surface area contributed by atoms with Gasteiger partial charge in [-0.2, -0.15) is 0 Å². The average Bonchev–Trinajstić information content (AvgIpc) is 2.45. The number of aromatic nitrogens is 4. The van der Waals surface area contributed by atoms with Crippen LogP contribution in [0.3, 0.4) is 0 Å². The minimum absolute atomic E-state index is 0.0401. The van der Waals surface area contributed by atoms with Gasteiger partial charge in [0.1, 0.15) is 6.54 Å². The zero-order valence-electron chi connectivity index (χ0n) is 8.02. The maximum Gasteiger partial charge on any atom is 0.303 e. The molecular weight excluding hydrogens is 210 g/mol. The predicted molar refractivity (Wildman–Crippen MR) is 44.4 cm³/mol. The first-order valence-corrected chi connectivity index (χ1v) is 4.23. The Kier molecular flexibility index (Phi) is 3.28. The summed E-state index contributed by atoms with van der Waals surface area (Å²) in [4.78, 5) is 10.3. The number of alkyl halides is 2. The summed E-state index contributed by atoms with van der Waals surface area (Å²) in [5.41, 5.74) is 0. The van der Waals surface area contributed by atoms with Crippen LogP contribution in [0.5, 0.6) is 0 Å². The molecule has 1 aromatic heterocycles. The van der Waals surface area contributed by atoms with E-state index in [0.29, 0.717) is 0 Å². The highest BCUT2D eigenvalue weighted by molar-refractivity contribution is 5.66. The number of nitrogens with zero attached hydrogens (tertiary/aromatic N) is 4. The van der Waals surface area contributed by atoms with Crippen molar-refractivity contribution in [1.29, 1.82) is 0 Å². The summed E-state index contributed by atoms with van der Waals surface area (Å²) in [6, 6.07) is 0. The highest BCUT2D eigenvalue weighted by Crippen LogP contribution is 2.14. The van der Waals surface area contributed by atoms with Crippen LogP contribution in [0, 0.1) is 0 Å². The van der Waals surface area contributed by atoms with Crippen LogP contribution >= 0.6 is 0 Å². The molecule has 0 bridgehead atoms. The van der Waals surface area contributed by atoms with Crippen LogP contribution in [0.1, 0.15) is 19.2 Å². The predicted octanol–water partition coefficient (Wildman–Crippen LogP) is 0.346. The van der Waals surface area contributed by atoms with E-state index in [1.54, 1.807) is 0 Å². The summed E-state index contributed by atoms with van der Waals surface area (Å²) in [5, 5.41) is 18.5. The first-order valence-electron chi connectivity index (χ1n) is 4.23. The molecule has 8 heteroatoms. The van der Waals surface area contributed by atoms with E-state index < -0.39 is 18.4 Å². The van der Waals surface area contributed by atoms with Gasteiger partial charge in [0.25, 0.3) is 5.92 Å². The number of aliphatic carboxylic acids is 1. The van der Waals surface area contributed by atoms with E-state index in [-0.39, 0.29) is 18.7 Å². The van der Waals surface area contributed by atoms with Crippen LogP contribution in [-0.4, -0.2) is 37.2 Å². The van der Waals surface area contributed by atoms with Crippen LogP contribution in [0.25, 0.3) is 0 Å². The number of hydrogen-bond donors (Lipinski definition) is 1. The van der Waals surface area contributed by atoms with E-state index in [1.165, 1.54) is 0 Å². The quantitative estimate of drug-likeness (QED) is 0.774. The second kappa shape index (κ2) is 4.28. The Morgan fingerprint density at radius 2 is 2.27 bits per heavy atom. The van der Waals surface area contributed by atoms with E-state index in [4.69, 9.17) is 5.11 Å². The van der Waals surface area contributed by atoms with Gasteiger partial charge in [-0.05, 0) is 10.4 Å². The van der Waals surface area contributed by atoms with Gasteiger partial charge < -0.3 is 5.11 Å². The molecule has 6 nitrogen and oxygen atoms in total. The first kappa shape index (κ1) is 11.5. The molecule has 0 saturated heterocycles. The number of hydrogen-bond acceptors (Lipinski definition) is 4. The second-order valence-electron chi connectivity index (χ2n) is 3.22. The number of carbonyl (C=O) groups is 1. The molecule has 0 fully saturated rings. The Labute approximate surface area is 83.9 Å². The first-order chi connectivity index (χ1) is 6.88. The van der Waals surface area contributed by atoms with Crippen molar-refractivity contribution in [2.75, 3.05) is 0 Å². The lowest BCUT2D eigenvalue weighted by Gasteiger charge is -2.10. The summed E-state index contributed by atoms with van der Waals surface area (Å²) >= 11 is 0. The molecular formula is C7H10F2N4O2. The number of aryl methyl sites for hydroxylation is 1. The second-order valence-corrected chi connectivity index (χ2v) is 3.22. The molecule has 0 aliphatic carbocycles. The minimum Gasteiger partial charge on any atom is -0.481 e. The largest absolute Gasteiger partial charge is 0.481 e. The zero-order valence-corrected chi connectivity index (χ0v) is 8.02. The Hall–Kier alpha value is -1.60. The fourth-order valence-corrected chi connectivity index (χ4v) is 1.01. The summed E-state index contributed by atoms with van der Waals surface area (Å²) in [5.74, 6) is -3.79. The summed E-state index contributed by atoms with van der Waals surface area (Å²) in [6.45, 7) is 0.102. The molecule has 0 radical (unpaired) electrons. The van der Waals surface area contributed by atoms with E-state index >= 15 is 0 Å². The maximum absolute atomic E-state index is 12.6. The lowest BCUT2D eigenvalue weighted by Crippen LogP contribution is -2.22. The highest BCUT2D eigenvalue weighted by Gasteiger charge is 2.24. The van der Waals surface area contributed by atoms with E-state index in [9.17, 15) is 13.6 Å². The van der Waals surface area contributed by atoms with Crippen molar-refractivity contribution in [3.05, 3.63) is 5.82 Å². The Morgan fingerprint density at radius 3 is 2.80 bits per heavy atom. The summed E-state index contributed by atoms with van der Waals surface area (Å²) < 4.78 is 26.2. The van der Waals surface area contributed by atoms with Crippen molar-refractivity contribution in [3.8, 4) is 0 Å². The van der Waals surface area contributed by atoms with Gasteiger partial charge in [0.2, 0.25) is 0 Å². The number of halogens is 2. The van der Waals surface area contributed by atoms with E-state index in [1.807, 2.05) is 0 Å². The Balaban J connectivity index is 2.65. The van der Waals surface area contributed by atoms with Crippen LogP contribution < -0.4 is 0 Å². The topological polar surface area (TPSA) is 80.9 Å². The molecule has 0 aliphatic heterocycles. The number of rotatable bonds is 5. The van der Waals surface area contributed by atoms with Crippen LogP contribution in [0.15, 0.2) is 0 Å². The van der Waals surface area contributed by atoms with Gasteiger partial charge in [0.15, 0.2) is 5.82 Å². The van der Waals surface area contributed by atoms with E-state index in [0.717, 1.165) is 11.6 Å². The number of carboxylic acids is 1. The summed E-state index contributed by atoms with van der Waals surface area (Å²) in [6.07, 6.45) is -0.145. The molecule has 1 heterocycles. The SMILES string of the molecule is CC(F)(F)Cn1nnnc1CCC(=O)O. The standard InChI is InChI=1S/C7H10F2N4O2/c1-7(8,9)4-13-5(10-11-12-13)2-3-6(14)15/h2-4H2,1H3,(H,14,15). The van der Waals surface area contributed by atoms with Gasteiger partial charge in [-0.3, -0.25) is 4.79 Å². The number of carboxylic acid groups (broad SMARTS) is 1. The van der Waals surface area contributed by atoms with Gasteiger partial charge in [0, 0.05) is 13.3 Å². The van der Waals surface area contributed by atoms with Crippen LogP contribution in [-0.2, 0) is 17.8 Å². The van der Waals surface area contributed by atoms with Crippen molar-refractivity contribution in [2.45, 2.75) is 32.2 Å². The smallest absolute Gasteiger partial charge is 0.303 e. The van der Waals surface area contributed by atoms with Crippen molar-refractivity contribution in [1.82, 2.24) is 20.2 Å². The molecule has 1 N–H and O–H groups in total. The van der Waals surface area contributed by atoms with Gasteiger partial charge in [-0.15, -0.1) is 5.10 Å². The van der Waals surface area contributed by atoms with Gasteiger partial charge in [-0.1, -0.05) is 0 Å². The van der Waals surface area contributed by atoms with Crippen molar-refractivity contribution in [2.24, 2.45) is 0 Å². The molecule has 84 valence electrons. The van der Waals surface area contributed by atoms with Crippen molar-refractivity contribution in [3.63, 3.8) is 0 Å². The normalized spacial score (nSPS) is 11.7. The Bertz CT molecular complexity index is 347. The maximum atomic E-state index is 12.6. The lowest BCUT2D eigenvalue weighted by atomic mass is 10.3. The molecule has 0 saturated carbocycles. The van der Waals surface area contributed by atoms with Gasteiger partial charge in [0.05, 0.1) is 6.42 Å². The van der Waals surface area contributed by atoms with Crippen LogP contribution in [0.4, 0.5) is 8.78 Å². The number of tetrazole rings is 1. The third-order valence-electron chi connectivity index (χ3n) is 1.60. The Morgan fingerprint density at radius 1 is 1.60 bits per heavy atom. The van der Waals surface area contributed by atoms with Gasteiger partial charge in [-0.25, -0.2) is 13.5 Å². The monoisotopic (exact) mass is 220 g/mol. The molecule has 15 heavy (non-hydrogen) atoms. The zero-order chi connectivity index (χ0) is 11.5. The van der Waals surface area contributed by atoms with Gasteiger partial charge >= 0.3 is 5.97 Å². The summed E-state index contributed by atoms with van der Waals surface area (Å²) in [7, 11) is 0. The molecule has 0 spiro atoms.